The van der Waals surface area contributed by atoms with E-state index in [2.05, 4.69) is 27.3 Å². The van der Waals surface area contributed by atoms with Crippen molar-refractivity contribution in [2.24, 2.45) is 0 Å². The predicted octanol–water partition coefficient (Wildman–Crippen LogP) is 0.804. The van der Waals surface area contributed by atoms with Crippen LogP contribution in [0.5, 0.6) is 5.75 Å². The zero-order valence-corrected chi connectivity index (χ0v) is 14.9. The molecule has 2 heterocycles. The van der Waals surface area contributed by atoms with Gasteiger partial charge in [0.2, 0.25) is 0 Å². The van der Waals surface area contributed by atoms with Crippen LogP contribution in [0.1, 0.15) is 4.88 Å². The zero-order chi connectivity index (χ0) is 16.9. The number of methoxy groups -OCH3 is 1. The minimum Gasteiger partial charge on any atom is -0.497 e. The SMILES string of the molecule is COc1ccc(N2CC[NH+](CC(=O)Nc3ncc(C)s3)CC2)cc1. The van der Waals surface area contributed by atoms with E-state index in [0.717, 1.165) is 36.8 Å². The van der Waals surface area contributed by atoms with Gasteiger partial charge in [0, 0.05) is 16.8 Å². The molecule has 6 nitrogen and oxygen atoms in total. The van der Waals surface area contributed by atoms with Gasteiger partial charge in [-0.1, -0.05) is 0 Å². The van der Waals surface area contributed by atoms with Gasteiger partial charge in [0.25, 0.3) is 5.91 Å². The lowest BCUT2D eigenvalue weighted by molar-refractivity contribution is -0.892. The molecule has 1 aromatic carbocycles. The molecule has 128 valence electrons. The summed E-state index contributed by atoms with van der Waals surface area (Å²) in [7, 11) is 1.68. The maximum atomic E-state index is 12.1. The fourth-order valence-electron chi connectivity index (χ4n) is 2.85. The van der Waals surface area contributed by atoms with Crippen LogP contribution in [-0.4, -0.2) is 50.7 Å². The largest absolute Gasteiger partial charge is 0.497 e. The van der Waals surface area contributed by atoms with Crippen molar-refractivity contribution in [2.75, 3.05) is 50.1 Å². The highest BCUT2D eigenvalue weighted by atomic mass is 32.1. The Hall–Kier alpha value is -2.12. The van der Waals surface area contributed by atoms with Crippen molar-refractivity contribution in [2.45, 2.75) is 6.92 Å². The van der Waals surface area contributed by atoms with Gasteiger partial charge in [0.15, 0.2) is 11.7 Å². The fraction of sp³-hybridized carbons (Fsp3) is 0.412. The lowest BCUT2D eigenvalue weighted by Gasteiger charge is -2.33. The van der Waals surface area contributed by atoms with Gasteiger partial charge in [0.05, 0.1) is 33.3 Å². The molecule has 24 heavy (non-hydrogen) atoms. The summed E-state index contributed by atoms with van der Waals surface area (Å²) in [6.07, 6.45) is 1.78. The van der Waals surface area contributed by atoms with E-state index in [9.17, 15) is 4.79 Å². The summed E-state index contributed by atoms with van der Waals surface area (Å²) in [6, 6.07) is 8.14. The van der Waals surface area contributed by atoms with E-state index in [1.807, 2.05) is 19.1 Å². The van der Waals surface area contributed by atoms with E-state index < -0.39 is 0 Å². The number of carbonyl (C=O) groups is 1. The Labute approximate surface area is 146 Å². The Morgan fingerprint density at radius 3 is 2.62 bits per heavy atom. The smallest absolute Gasteiger partial charge is 0.281 e. The van der Waals surface area contributed by atoms with E-state index in [-0.39, 0.29) is 5.91 Å². The van der Waals surface area contributed by atoms with Crippen LogP contribution in [0.25, 0.3) is 0 Å². The molecule has 1 aromatic heterocycles. The summed E-state index contributed by atoms with van der Waals surface area (Å²) in [5.41, 5.74) is 1.21. The van der Waals surface area contributed by atoms with Crippen LogP contribution in [0, 0.1) is 6.92 Å². The van der Waals surface area contributed by atoms with Gasteiger partial charge < -0.3 is 14.5 Å². The third kappa shape index (κ3) is 4.24. The monoisotopic (exact) mass is 347 g/mol. The molecule has 0 spiro atoms. The molecule has 1 fully saturated rings. The molecule has 1 saturated heterocycles. The Morgan fingerprint density at radius 2 is 2.04 bits per heavy atom. The van der Waals surface area contributed by atoms with Crippen LogP contribution >= 0.6 is 11.3 Å². The zero-order valence-electron chi connectivity index (χ0n) is 14.0. The summed E-state index contributed by atoms with van der Waals surface area (Å²) < 4.78 is 5.20. The molecule has 0 bridgehead atoms. The molecule has 3 rings (SSSR count). The first kappa shape index (κ1) is 16.7. The quantitative estimate of drug-likeness (QED) is 0.840. The van der Waals surface area contributed by atoms with Gasteiger partial charge in [0.1, 0.15) is 5.75 Å². The van der Waals surface area contributed by atoms with Crippen LogP contribution < -0.4 is 19.9 Å². The lowest BCUT2D eigenvalue weighted by atomic mass is 10.2. The molecule has 7 heteroatoms. The number of rotatable bonds is 5. The van der Waals surface area contributed by atoms with Gasteiger partial charge >= 0.3 is 0 Å². The first-order valence-electron chi connectivity index (χ1n) is 8.09. The number of thiazole rings is 1. The maximum absolute atomic E-state index is 12.1. The normalized spacial score (nSPS) is 15.3. The highest BCUT2D eigenvalue weighted by Gasteiger charge is 2.22. The number of hydrogen-bond donors (Lipinski definition) is 2. The molecule has 0 aliphatic carbocycles. The fourth-order valence-corrected chi connectivity index (χ4v) is 3.53. The number of piperazine rings is 1. The summed E-state index contributed by atoms with van der Waals surface area (Å²) in [5, 5.41) is 3.57. The van der Waals surface area contributed by atoms with Crippen LogP contribution in [-0.2, 0) is 4.79 Å². The number of hydrogen-bond acceptors (Lipinski definition) is 5. The average Bonchev–Trinajstić information content (AvgIpc) is 3.00. The number of ether oxygens (including phenoxy) is 1. The van der Waals surface area contributed by atoms with Crippen molar-refractivity contribution < 1.29 is 14.4 Å². The molecule has 1 aliphatic heterocycles. The van der Waals surface area contributed by atoms with Crippen molar-refractivity contribution in [3.63, 3.8) is 0 Å². The minimum atomic E-state index is 0.0391. The topological polar surface area (TPSA) is 58.9 Å². The van der Waals surface area contributed by atoms with E-state index in [4.69, 9.17) is 4.74 Å². The molecule has 2 aromatic rings. The number of aromatic nitrogens is 1. The Morgan fingerprint density at radius 1 is 1.33 bits per heavy atom. The molecule has 0 saturated carbocycles. The Bertz CT molecular complexity index is 678. The average molecular weight is 347 g/mol. The van der Waals surface area contributed by atoms with Crippen molar-refractivity contribution >= 4 is 28.1 Å². The maximum Gasteiger partial charge on any atom is 0.281 e. The molecular weight excluding hydrogens is 324 g/mol. The second kappa shape index (κ2) is 7.63. The van der Waals surface area contributed by atoms with E-state index in [0.29, 0.717) is 11.7 Å². The van der Waals surface area contributed by atoms with Crippen molar-refractivity contribution in [1.29, 1.82) is 0 Å². The van der Waals surface area contributed by atoms with Gasteiger partial charge in [-0.3, -0.25) is 10.1 Å². The van der Waals surface area contributed by atoms with E-state index >= 15 is 0 Å². The van der Waals surface area contributed by atoms with Crippen LogP contribution in [0.2, 0.25) is 0 Å². The van der Waals surface area contributed by atoms with E-state index in [1.165, 1.54) is 21.9 Å². The number of nitrogens with one attached hydrogen (secondary N) is 2. The highest BCUT2D eigenvalue weighted by molar-refractivity contribution is 7.15. The second-order valence-corrected chi connectivity index (χ2v) is 7.17. The molecular formula is C17H23N4O2S+. The van der Waals surface area contributed by atoms with Gasteiger partial charge in [-0.05, 0) is 31.2 Å². The standard InChI is InChI=1S/C17H22N4O2S/c1-13-11-18-17(24-13)19-16(22)12-20-7-9-21(10-8-20)14-3-5-15(23-2)6-4-14/h3-6,11H,7-10,12H2,1-2H3,(H,18,19,22)/p+1. The van der Waals surface area contributed by atoms with Crippen molar-refractivity contribution in [3.8, 4) is 5.75 Å². The third-order valence-corrected chi connectivity index (χ3v) is 5.01. The number of nitrogens with zero attached hydrogens (tertiary/aromatic N) is 2. The third-order valence-electron chi connectivity index (χ3n) is 4.19. The van der Waals surface area contributed by atoms with Gasteiger partial charge in [-0.15, -0.1) is 11.3 Å². The van der Waals surface area contributed by atoms with Gasteiger partial charge in [-0.25, -0.2) is 4.98 Å². The molecule has 0 radical (unpaired) electrons. The number of amides is 1. The predicted molar refractivity (Wildman–Crippen MR) is 96.3 cm³/mol. The van der Waals surface area contributed by atoms with Crippen LogP contribution in [0.3, 0.4) is 0 Å². The number of aryl methyl sites for hydroxylation is 1. The molecule has 0 unspecified atom stereocenters. The molecule has 1 aliphatic rings. The highest BCUT2D eigenvalue weighted by Crippen LogP contribution is 2.19. The number of benzene rings is 1. The van der Waals surface area contributed by atoms with Crippen molar-refractivity contribution in [3.05, 3.63) is 35.3 Å². The second-order valence-electron chi connectivity index (χ2n) is 5.94. The Balaban J connectivity index is 1.46. The summed E-state index contributed by atoms with van der Waals surface area (Å²) in [4.78, 5) is 21.1. The molecule has 0 atom stereocenters. The summed E-state index contributed by atoms with van der Waals surface area (Å²) >= 11 is 1.51. The number of quaternary nitrogens is 1. The van der Waals surface area contributed by atoms with Crippen molar-refractivity contribution in [1.82, 2.24) is 4.98 Å². The summed E-state index contributed by atoms with van der Waals surface area (Å²) in [5.74, 6) is 0.911. The Kier molecular flexibility index (Phi) is 5.32. The van der Waals surface area contributed by atoms with Crippen LogP contribution in [0.15, 0.2) is 30.5 Å². The lowest BCUT2D eigenvalue weighted by Crippen LogP contribution is -3.15. The van der Waals surface area contributed by atoms with E-state index in [1.54, 1.807) is 13.3 Å². The molecule has 1 amide bonds. The number of anilines is 2. The van der Waals surface area contributed by atoms with Gasteiger partial charge in [-0.2, -0.15) is 0 Å². The molecule has 2 N–H and O–H groups in total. The minimum absolute atomic E-state index is 0.0391. The summed E-state index contributed by atoms with van der Waals surface area (Å²) in [6.45, 7) is 6.29. The first-order valence-corrected chi connectivity index (χ1v) is 8.90. The number of carbonyl (C=O) groups excluding carboxylic acids is 1. The first-order chi connectivity index (χ1) is 11.6. The van der Waals surface area contributed by atoms with Crippen LogP contribution in [0.4, 0.5) is 10.8 Å².